The zero-order chi connectivity index (χ0) is 9.57. The van der Waals surface area contributed by atoms with Gasteiger partial charge in [-0.25, -0.2) is 0 Å². The molecule has 1 fully saturated rings. The first-order valence-electron chi connectivity index (χ1n) is 4.53. The molecular formula is C11H19N. The molecule has 0 saturated heterocycles. The molecule has 0 aliphatic heterocycles. The van der Waals surface area contributed by atoms with Crippen LogP contribution in [-0.2, 0) is 0 Å². The van der Waals surface area contributed by atoms with E-state index >= 15 is 0 Å². The fourth-order valence-corrected chi connectivity index (χ4v) is 2.43. The van der Waals surface area contributed by atoms with Gasteiger partial charge in [-0.2, -0.15) is 0 Å². The van der Waals surface area contributed by atoms with Gasteiger partial charge in [0.15, 0.2) is 0 Å². The average molecular weight is 165 g/mol. The molecule has 1 saturated carbocycles. The molecule has 1 heteroatoms. The first kappa shape index (κ1) is 9.61. The van der Waals surface area contributed by atoms with Crippen LogP contribution in [0.15, 0.2) is 0 Å². The van der Waals surface area contributed by atoms with Crippen molar-refractivity contribution in [3.8, 4) is 12.3 Å². The topological polar surface area (TPSA) is 12.0 Å². The van der Waals surface area contributed by atoms with E-state index in [1.165, 1.54) is 0 Å². The Kier molecular flexibility index (Phi) is 2.00. The minimum atomic E-state index is 0.231. The van der Waals surface area contributed by atoms with Gasteiger partial charge in [0.05, 0.1) is 6.04 Å². The smallest absolute Gasteiger partial charge is 0.0723 e. The van der Waals surface area contributed by atoms with E-state index in [1.807, 2.05) is 7.05 Å². The Balaban J connectivity index is 2.77. The molecule has 1 aliphatic carbocycles. The zero-order valence-electron chi connectivity index (χ0n) is 8.73. The molecule has 1 aliphatic rings. The summed E-state index contributed by atoms with van der Waals surface area (Å²) in [5, 5.41) is 3.19. The molecule has 0 aromatic rings. The van der Waals surface area contributed by atoms with Gasteiger partial charge in [-0.15, -0.1) is 6.42 Å². The Hall–Kier alpha value is -0.480. The third kappa shape index (κ3) is 0.983. The van der Waals surface area contributed by atoms with E-state index in [-0.39, 0.29) is 6.04 Å². The van der Waals surface area contributed by atoms with E-state index in [9.17, 15) is 0 Å². The highest BCUT2D eigenvalue weighted by molar-refractivity contribution is 5.22. The molecule has 0 aromatic carbocycles. The van der Waals surface area contributed by atoms with Crippen LogP contribution < -0.4 is 5.32 Å². The van der Waals surface area contributed by atoms with Crippen LogP contribution in [0.4, 0.5) is 0 Å². The first-order valence-corrected chi connectivity index (χ1v) is 4.53. The highest BCUT2D eigenvalue weighted by atomic mass is 14.9. The van der Waals surface area contributed by atoms with Crippen molar-refractivity contribution in [2.75, 3.05) is 7.05 Å². The summed E-state index contributed by atoms with van der Waals surface area (Å²) in [5.74, 6) is 3.42. The summed E-state index contributed by atoms with van der Waals surface area (Å²) in [5.41, 5.74) is 0.764. The predicted molar refractivity (Wildman–Crippen MR) is 52.7 cm³/mol. The molecule has 0 spiro atoms. The largest absolute Gasteiger partial charge is 0.307 e. The third-order valence-electron chi connectivity index (χ3n) is 3.96. The molecule has 0 radical (unpaired) electrons. The second-order valence-corrected chi connectivity index (χ2v) is 4.85. The molecule has 68 valence electrons. The highest BCUT2D eigenvalue weighted by Crippen LogP contribution is 2.69. The van der Waals surface area contributed by atoms with Gasteiger partial charge in [-0.05, 0) is 23.8 Å². The quantitative estimate of drug-likeness (QED) is 0.616. The van der Waals surface area contributed by atoms with Gasteiger partial charge in [-0.1, -0.05) is 33.6 Å². The second kappa shape index (κ2) is 2.50. The van der Waals surface area contributed by atoms with Crippen LogP contribution in [0, 0.1) is 29.1 Å². The van der Waals surface area contributed by atoms with E-state index in [2.05, 4.69) is 38.9 Å². The number of terminal acetylenes is 1. The van der Waals surface area contributed by atoms with Crippen LogP contribution in [0.5, 0.6) is 0 Å². The lowest BCUT2D eigenvalue weighted by Crippen LogP contribution is -2.28. The number of hydrogen-bond acceptors (Lipinski definition) is 1. The van der Waals surface area contributed by atoms with Gasteiger partial charge in [-0.3, -0.25) is 0 Å². The molecular weight excluding hydrogens is 146 g/mol. The van der Waals surface area contributed by atoms with Crippen LogP contribution in [-0.4, -0.2) is 13.1 Å². The molecule has 1 atom stereocenters. The molecule has 0 aromatic heterocycles. The number of rotatable bonds is 2. The fourth-order valence-electron chi connectivity index (χ4n) is 2.43. The van der Waals surface area contributed by atoms with Gasteiger partial charge in [0, 0.05) is 0 Å². The first-order chi connectivity index (χ1) is 5.39. The number of hydrogen-bond donors (Lipinski definition) is 1. The minimum absolute atomic E-state index is 0.231. The summed E-state index contributed by atoms with van der Waals surface area (Å²) in [6, 6.07) is 0.231. The summed E-state index contributed by atoms with van der Waals surface area (Å²) in [4.78, 5) is 0. The average Bonchev–Trinajstić information content (AvgIpc) is 2.34. The van der Waals surface area contributed by atoms with E-state index in [0.717, 1.165) is 0 Å². The summed E-state index contributed by atoms with van der Waals surface area (Å²) in [6.45, 7) is 9.16. The van der Waals surface area contributed by atoms with E-state index in [1.54, 1.807) is 0 Å². The minimum Gasteiger partial charge on any atom is -0.307 e. The lowest BCUT2D eigenvalue weighted by atomic mass is 10.0. The van der Waals surface area contributed by atoms with Gasteiger partial charge >= 0.3 is 0 Å². The van der Waals surface area contributed by atoms with Crippen molar-refractivity contribution in [2.24, 2.45) is 16.7 Å². The third-order valence-corrected chi connectivity index (χ3v) is 3.96. The van der Waals surface area contributed by atoms with Crippen molar-refractivity contribution < 1.29 is 0 Å². The molecule has 1 N–H and O–H groups in total. The Morgan fingerprint density at radius 1 is 1.25 bits per heavy atom. The zero-order valence-corrected chi connectivity index (χ0v) is 8.73. The molecule has 1 unspecified atom stereocenters. The summed E-state index contributed by atoms with van der Waals surface area (Å²) in [6.07, 6.45) is 5.45. The van der Waals surface area contributed by atoms with Gasteiger partial charge in [0.25, 0.3) is 0 Å². The Bertz CT molecular complexity index is 206. The highest BCUT2D eigenvalue weighted by Gasteiger charge is 2.66. The predicted octanol–water partition coefficient (Wildman–Crippen LogP) is 1.89. The molecule has 0 heterocycles. The van der Waals surface area contributed by atoms with Crippen LogP contribution >= 0.6 is 0 Å². The molecule has 0 amide bonds. The van der Waals surface area contributed by atoms with Crippen molar-refractivity contribution in [1.29, 1.82) is 0 Å². The van der Waals surface area contributed by atoms with Gasteiger partial charge in [0.2, 0.25) is 0 Å². The summed E-state index contributed by atoms with van der Waals surface area (Å²) < 4.78 is 0. The van der Waals surface area contributed by atoms with Crippen molar-refractivity contribution in [3.05, 3.63) is 0 Å². The lowest BCUT2D eigenvalue weighted by Gasteiger charge is -2.10. The van der Waals surface area contributed by atoms with Crippen LogP contribution in [0.3, 0.4) is 0 Å². The molecule has 0 bridgehead atoms. The van der Waals surface area contributed by atoms with Crippen LogP contribution in [0.2, 0.25) is 0 Å². The maximum atomic E-state index is 5.45. The van der Waals surface area contributed by atoms with Gasteiger partial charge in [0.1, 0.15) is 0 Å². The Labute approximate surface area is 75.9 Å². The normalized spacial score (nSPS) is 27.7. The monoisotopic (exact) mass is 165 g/mol. The maximum absolute atomic E-state index is 5.45. The maximum Gasteiger partial charge on any atom is 0.0723 e. The van der Waals surface area contributed by atoms with Crippen molar-refractivity contribution in [3.63, 3.8) is 0 Å². The Morgan fingerprint density at radius 3 is 1.75 bits per heavy atom. The van der Waals surface area contributed by atoms with Crippen molar-refractivity contribution >= 4 is 0 Å². The summed E-state index contributed by atoms with van der Waals surface area (Å²) in [7, 11) is 1.94. The number of nitrogens with one attached hydrogen (secondary N) is 1. The van der Waals surface area contributed by atoms with E-state index in [0.29, 0.717) is 16.7 Å². The van der Waals surface area contributed by atoms with E-state index < -0.39 is 0 Å². The van der Waals surface area contributed by atoms with Gasteiger partial charge < -0.3 is 5.32 Å². The van der Waals surface area contributed by atoms with Crippen molar-refractivity contribution in [2.45, 2.75) is 33.7 Å². The van der Waals surface area contributed by atoms with Crippen LogP contribution in [0.25, 0.3) is 0 Å². The fraction of sp³-hybridized carbons (Fsp3) is 0.818. The summed E-state index contributed by atoms with van der Waals surface area (Å²) >= 11 is 0. The lowest BCUT2D eigenvalue weighted by molar-refractivity contribution is 0.457. The second-order valence-electron chi connectivity index (χ2n) is 4.85. The standard InChI is InChI=1S/C11H19N/c1-7-8(12-6)9-10(2,3)11(9,4)5/h1,8-9,12H,2-6H3. The molecule has 1 nitrogen and oxygen atoms in total. The Morgan fingerprint density at radius 2 is 1.67 bits per heavy atom. The SMILES string of the molecule is C#CC(NC)C1C(C)(C)C1(C)C. The van der Waals surface area contributed by atoms with Crippen LogP contribution in [0.1, 0.15) is 27.7 Å². The van der Waals surface area contributed by atoms with Crippen molar-refractivity contribution in [1.82, 2.24) is 5.32 Å². The van der Waals surface area contributed by atoms with E-state index in [4.69, 9.17) is 6.42 Å². The molecule has 1 rings (SSSR count). The molecule has 12 heavy (non-hydrogen) atoms.